The van der Waals surface area contributed by atoms with Crippen LogP contribution in [0.5, 0.6) is 5.75 Å². The molecule has 1 atom stereocenters. The molecule has 1 unspecified atom stereocenters. The Balaban J connectivity index is 1.87. The fourth-order valence-electron chi connectivity index (χ4n) is 2.26. The van der Waals surface area contributed by atoms with Crippen LogP contribution in [0.3, 0.4) is 0 Å². The van der Waals surface area contributed by atoms with Gasteiger partial charge in [0.05, 0.1) is 7.11 Å². The molecule has 0 radical (unpaired) electrons. The molecule has 1 saturated carbocycles. The van der Waals surface area contributed by atoms with Crippen molar-refractivity contribution in [1.29, 1.82) is 0 Å². The van der Waals surface area contributed by atoms with Gasteiger partial charge in [-0.3, -0.25) is 0 Å². The normalized spacial score (nSPS) is 18.1. The molecule has 1 fully saturated rings. The van der Waals surface area contributed by atoms with Crippen LogP contribution in [0.1, 0.15) is 25.5 Å². The first-order valence-electron chi connectivity index (χ1n) is 6.45. The molecule has 1 aliphatic carbocycles. The lowest BCUT2D eigenvalue weighted by atomic mass is 9.96. The van der Waals surface area contributed by atoms with Gasteiger partial charge in [-0.2, -0.15) is 0 Å². The van der Waals surface area contributed by atoms with E-state index in [4.69, 9.17) is 9.26 Å². The predicted octanol–water partition coefficient (Wildman–Crippen LogP) is 2.97. The molecule has 2 aromatic rings. The summed E-state index contributed by atoms with van der Waals surface area (Å²) in [5, 5.41) is 14.5. The van der Waals surface area contributed by atoms with Gasteiger partial charge in [0.25, 0.3) is 0 Å². The van der Waals surface area contributed by atoms with Gasteiger partial charge in [0.2, 0.25) is 0 Å². The number of ether oxygens (including phenoxy) is 1. The largest absolute Gasteiger partial charge is 0.497 e. The van der Waals surface area contributed by atoms with E-state index in [9.17, 15) is 5.11 Å². The fraction of sp³-hybridized carbons (Fsp3) is 0.400. The zero-order valence-corrected chi connectivity index (χ0v) is 11.1. The van der Waals surface area contributed by atoms with Crippen molar-refractivity contribution in [3.05, 3.63) is 36.1 Å². The van der Waals surface area contributed by atoms with Gasteiger partial charge in [-0.1, -0.05) is 5.16 Å². The molecule has 1 heterocycles. The summed E-state index contributed by atoms with van der Waals surface area (Å²) in [7, 11) is 1.63. The van der Waals surface area contributed by atoms with E-state index in [1.807, 2.05) is 30.3 Å². The van der Waals surface area contributed by atoms with Crippen molar-refractivity contribution in [2.75, 3.05) is 7.11 Å². The summed E-state index contributed by atoms with van der Waals surface area (Å²) < 4.78 is 10.4. The zero-order valence-electron chi connectivity index (χ0n) is 11.1. The summed E-state index contributed by atoms with van der Waals surface area (Å²) in [6, 6.07) is 9.42. The highest BCUT2D eigenvalue weighted by molar-refractivity contribution is 5.60. The predicted molar refractivity (Wildman–Crippen MR) is 70.8 cm³/mol. The van der Waals surface area contributed by atoms with Crippen LogP contribution in [0.2, 0.25) is 0 Å². The van der Waals surface area contributed by atoms with Crippen LogP contribution in [0, 0.1) is 5.92 Å². The lowest BCUT2D eigenvalue weighted by Crippen LogP contribution is -2.22. The summed E-state index contributed by atoms with van der Waals surface area (Å²) in [6.45, 7) is 1.79. The number of rotatable bonds is 4. The molecule has 100 valence electrons. The average molecular weight is 259 g/mol. The van der Waals surface area contributed by atoms with Crippen molar-refractivity contribution in [1.82, 2.24) is 5.16 Å². The highest BCUT2D eigenvalue weighted by Crippen LogP contribution is 2.45. The van der Waals surface area contributed by atoms with Gasteiger partial charge in [-0.25, -0.2) is 0 Å². The van der Waals surface area contributed by atoms with Crippen LogP contribution in [0.15, 0.2) is 34.9 Å². The van der Waals surface area contributed by atoms with Gasteiger partial charge < -0.3 is 14.4 Å². The first-order chi connectivity index (χ1) is 9.11. The Bertz CT molecular complexity index is 567. The third-order valence-corrected chi connectivity index (χ3v) is 3.77. The van der Waals surface area contributed by atoms with E-state index in [-0.39, 0.29) is 0 Å². The highest BCUT2D eigenvalue weighted by atomic mass is 16.5. The number of hydrogen-bond acceptors (Lipinski definition) is 4. The molecule has 0 spiro atoms. The lowest BCUT2D eigenvalue weighted by molar-refractivity contribution is 0.00603. The van der Waals surface area contributed by atoms with E-state index in [1.165, 1.54) is 0 Å². The van der Waals surface area contributed by atoms with Gasteiger partial charge >= 0.3 is 0 Å². The third-order valence-electron chi connectivity index (χ3n) is 3.77. The van der Waals surface area contributed by atoms with E-state index in [0.29, 0.717) is 11.7 Å². The molecule has 0 saturated heterocycles. The summed E-state index contributed by atoms with van der Waals surface area (Å²) >= 11 is 0. The minimum Gasteiger partial charge on any atom is -0.497 e. The monoisotopic (exact) mass is 259 g/mol. The van der Waals surface area contributed by atoms with Gasteiger partial charge in [0.15, 0.2) is 5.76 Å². The summed E-state index contributed by atoms with van der Waals surface area (Å²) in [5.41, 5.74) is 0.776. The van der Waals surface area contributed by atoms with E-state index in [0.717, 1.165) is 29.8 Å². The lowest BCUT2D eigenvalue weighted by Gasteiger charge is -2.18. The Morgan fingerprint density at radius 3 is 2.58 bits per heavy atom. The number of hydrogen-bond donors (Lipinski definition) is 1. The van der Waals surface area contributed by atoms with Crippen molar-refractivity contribution in [2.24, 2.45) is 5.92 Å². The number of nitrogens with zero attached hydrogens (tertiary/aromatic N) is 1. The third kappa shape index (κ3) is 2.24. The molecule has 1 N–H and O–H groups in total. The quantitative estimate of drug-likeness (QED) is 0.917. The van der Waals surface area contributed by atoms with Crippen LogP contribution in [0.4, 0.5) is 0 Å². The topological polar surface area (TPSA) is 55.5 Å². The highest BCUT2D eigenvalue weighted by Gasteiger charge is 2.44. The average Bonchev–Trinajstić information content (AvgIpc) is 3.17. The van der Waals surface area contributed by atoms with E-state index in [1.54, 1.807) is 14.0 Å². The van der Waals surface area contributed by atoms with Crippen LogP contribution in [-0.2, 0) is 5.60 Å². The SMILES string of the molecule is COc1ccc(-c2cc(C(C)(O)C3CC3)on2)cc1. The summed E-state index contributed by atoms with van der Waals surface area (Å²) in [6.07, 6.45) is 2.09. The molecule has 19 heavy (non-hydrogen) atoms. The summed E-state index contributed by atoms with van der Waals surface area (Å²) in [4.78, 5) is 0. The Morgan fingerprint density at radius 2 is 2.00 bits per heavy atom. The van der Waals surface area contributed by atoms with Gasteiger partial charge in [0.1, 0.15) is 17.0 Å². The molecule has 0 bridgehead atoms. The second-order valence-corrected chi connectivity index (χ2v) is 5.23. The standard InChI is InChI=1S/C15H17NO3/c1-15(17,11-5-6-11)14-9-13(16-19-14)10-3-7-12(18-2)8-4-10/h3-4,7-9,11,17H,5-6H2,1-2H3. The second-order valence-electron chi connectivity index (χ2n) is 5.23. The van der Waals surface area contributed by atoms with Crippen molar-refractivity contribution < 1.29 is 14.4 Å². The Hall–Kier alpha value is -1.81. The minimum absolute atomic E-state index is 0.296. The van der Waals surface area contributed by atoms with Crippen molar-refractivity contribution >= 4 is 0 Å². The maximum absolute atomic E-state index is 10.4. The Morgan fingerprint density at radius 1 is 1.32 bits per heavy atom. The molecule has 0 amide bonds. The van der Waals surface area contributed by atoms with Crippen LogP contribution in [-0.4, -0.2) is 17.4 Å². The molecular formula is C15H17NO3. The fourth-order valence-corrected chi connectivity index (χ4v) is 2.26. The Labute approximate surface area is 112 Å². The molecule has 4 heteroatoms. The van der Waals surface area contributed by atoms with Crippen LogP contribution < -0.4 is 4.74 Å². The van der Waals surface area contributed by atoms with Gasteiger partial charge in [0, 0.05) is 11.6 Å². The first kappa shape index (κ1) is 12.2. The molecule has 4 nitrogen and oxygen atoms in total. The van der Waals surface area contributed by atoms with Crippen molar-refractivity contribution in [3.63, 3.8) is 0 Å². The Kier molecular flexibility index (Phi) is 2.82. The maximum Gasteiger partial charge on any atom is 0.168 e. The van der Waals surface area contributed by atoms with Crippen LogP contribution in [0.25, 0.3) is 11.3 Å². The molecule has 1 aliphatic rings. The number of aliphatic hydroxyl groups is 1. The van der Waals surface area contributed by atoms with E-state index >= 15 is 0 Å². The first-order valence-corrected chi connectivity index (χ1v) is 6.45. The number of benzene rings is 1. The van der Waals surface area contributed by atoms with Crippen molar-refractivity contribution in [2.45, 2.75) is 25.4 Å². The maximum atomic E-state index is 10.4. The summed E-state index contributed by atoms with van der Waals surface area (Å²) in [5.74, 6) is 1.64. The van der Waals surface area contributed by atoms with Crippen LogP contribution >= 0.6 is 0 Å². The van der Waals surface area contributed by atoms with E-state index in [2.05, 4.69) is 5.16 Å². The van der Waals surface area contributed by atoms with E-state index < -0.39 is 5.60 Å². The smallest absolute Gasteiger partial charge is 0.168 e. The van der Waals surface area contributed by atoms with Crippen molar-refractivity contribution in [3.8, 4) is 17.0 Å². The molecule has 3 rings (SSSR count). The van der Waals surface area contributed by atoms with Gasteiger partial charge in [-0.15, -0.1) is 0 Å². The second kappa shape index (κ2) is 4.38. The number of aromatic nitrogens is 1. The molecular weight excluding hydrogens is 242 g/mol. The molecule has 1 aromatic carbocycles. The molecule has 1 aromatic heterocycles. The number of methoxy groups -OCH3 is 1. The zero-order chi connectivity index (χ0) is 13.5. The molecule has 0 aliphatic heterocycles. The van der Waals surface area contributed by atoms with Gasteiger partial charge in [-0.05, 0) is 49.9 Å². The minimum atomic E-state index is -0.905.